The van der Waals surface area contributed by atoms with Crippen LogP contribution in [0, 0.1) is 0 Å². The van der Waals surface area contributed by atoms with E-state index in [4.69, 9.17) is 4.74 Å². The molecule has 0 bridgehead atoms. The molecule has 4 nitrogen and oxygen atoms in total. The molecule has 4 heteroatoms. The van der Waals surface area contributed by atoms with Crippen LogP contribution < -0.4 is 4.74 Å². The highest BCUT2D eigenvalue weighted by Gasteiger charge is 2.12. The van der Waals surface area contributed by atoms with E-state index < -0.39 is 6.09 Å². The van der Waals surface area contributed by atoms with Gasteiger partial charge in [0.2, 0.25) is 0 Å². The fraction of sp³-hybridized carbons (Fsp3) is 0.273. The third-order valence-electron chi connectivity index (χ3n) is 1.83. The summed E-state index contributed by atoms with van der Waals surface area (Å²) in [6.07, 6.45) is -0.497. The van der Waals surface area contributed by atoms with Crippen LogP contribution in [-0.2, 0) is 0 Å². The fourth-order valence-corrected chi connectivity index (χ4v) is 1.03. The maximum atomic E-state index is 11.3. The fourth-order valence-electron chi connectivity index (χ4n) is 1.03. The number of carbonyl (C=O) groups excluding carboxylic acids is 2. The summed E-state index contributed by atoms with van der Waals surface area (Å²) in [5.74, 6) is 0.167. The van der Waals surface area contributed by atoms with Crippen LogP contribution in [0.3, 0.4) is 0 Å². The maximum absolute atomic E-state index is 11.3. The Balaban J connectivity index is 2.94. The predicted molar refractivity (Wildman–Crippen MR) is 56.2 cm³/mol. The minimum atomic E-state index is -0.497. The molecule has 0 atom stereocenters. The zero-order valence-electron chi connectivity index (χ0n) is 8.98. The number of rotatable bonds is 2. The highest BCUT2D eigenvalue weighted by atomic mass is 16.6. The Hall–Kier alpha value is -1.84. The lowest BCUT2D eigenvalue weighted by atomic mass is 10.1. The van der Waals surface area contributed by atoms with Crippen molar-refractivity contribution in [1.29, 1.82) is 0 Å². The molecule has 15 heavy (non-hydrogen) atoms. The molecule has 0 heterocycles. The number of benzene rings is 1. The maximum Gasteiger partial charge on any atom is 0.414 e. The first-order valence-electron chi connectivity index (χ1n) is 4.51. The molecular weight excluding hydrogens is 194 g/mol. The van der Waals surface area contributed by atoms with Gasteiger partial charge in [-0.1, -0.05) is 12.1 Å². The molecule has 1 aromatic carbocycles. The van der Waals surface area contributed by atoms with Crippen molar-refractivity contribution >= 4 is 11.9 Å². The largest absolute Gasteiger partial charge is 0.414 e. The van der Waals surface area contributed by atoms with E-state index in [0.717, 1.165) is 0 Å². The number of ketones is 1. The normalized spacial score (nSPS) is 9.53. The van der Waals surface area contributed by atoms with Crippen molar-refractivity contribution in [3.63, 3.8) is 0 Å². The van der Waals surface area contributed by atoms with Gasteiger partial charge in [0.25, 0.3) is 0 Å². The molecule has 0 N–H and O–H groups in total. The van der Waals surface area contributed by atoms with Crippen molar-refractivity contribution in [2.45, 2.75) is 6.92 Å². The summed E-state index contributed by atoms with van der Waals surface area (Å²) >= 11 is 0. The summed E-state index contributed by atoms with van der Waals surface area (Å²) in [4.78, 5) is 23.8. The lowest BCUT2D eigenvalue weighted by molar-refractivity contribution is 0.101. The Morgan fingerprint density at radius 3 is 2.33 bits per heavy atom. The third kappa shape index (κ3) is 2.80. The first-order chi connectivity index (χ1) is 7.02. The molecule has 80 valence electrons. The molecule has 0 aromatic heterocycles. The number of hydrogen-bond acceptors (Lipinski definition) is 3. The van der Waals surface area contributed by atoms with Crippen molar-refractivity contribution in [3.8, 4) is 5.75 Å². The Morgan fingerprint density at radius 1 is 1.20 bits per heavy atom. The topological polar surface area (TPSA) is 46.6 Å². The van der Waals surface area contributed by atoms with Crippen molar-refractivity contribution in [1.82, 2.24) is 4.90 Å². The van der Waals surface area contributed by atoms with E-state index in [1.54, 1.807) is 38.4 Å². The molecule has 0 saturated carbocycles. The highest BCUT2D eigenvalue weighted by Crippen LogP contribution is 2.18. The monoisotopic (exact) mass is 207 g/mol. The van der Waals surface area contributed by atoms with Gasteiger partial charge in [-0.3, -0.25) is 4.79 Å². The highest BCUT2D eigenvalue weighted by molar-refractivity contribution is 5.97. The Kier molecular flexibility index (Phi) is 3.44. The summed E-state index contributed by atoms with van der Waals surface area (Å²) in [6.45, 7) is 1.43. The van der Waals surface area contributed by atoms with E-state index in [2.05, 4.69) is 0 Å². The number of hydrogen-bond donors (Lipinski definition) is 0. The van der Waals surface area contributed by atoms with E-state index in [1.807, 2.05) is 0 Å². The van der Waals surface area contributed by atoms with Crippen LogP contribution >= 0.6 is 0 Å². The van der Waals surface area contributed by atoms with E-state index in [-0.39, 0.29) is 5.78 Å². The molecule has 0 unspecified atom stereocenters. The van der Waals surface area contributed by atoms with Crippen LogP contribution in [0.25, 0.3) is 0 Å². The quantitative estimate of drug-likeness (QED) is 0.696. The van der Waals surface area contributed by atoms with Gasteiger partial charge < -0.3 is 9.64 Å². The minimum Gasteiger partial charge on any atom is -0.409 e. The van der Waals surface area contributed by atoms with E-state index in [1.165, 1.54) is 11.8 Å². The van der Waals surface area contributed by atoms with E-state index in [0.29, 0.717) is 11.3 Å². The molecule has 0 fully saturated rings. The first-order valence-corrected chi connectivity index (χ1v) is 4.51. The molecule has 0 radical (unpaired) electrons. The average molecular weight is 207 g/mol. The molecule has 0 aliphatic carbocycles. The standard InChI is InChI=1S/C11H13NO3/c1-8(13)9-6-4-5-7-10(9)15-11(14)12(2)3/h4-7H,1-3H3. The van der Waals surface area contributed by atoms with Crippen LogP contribution in [0.2, 0.25) is 0 Å². The molecule has 0 aliphatic rings. The summed E-state index contributed by atoms with van der Waals surface area (Å²) < 4.78 is 5.03. The van der Waals surface area contributed by atoms with E-state index >= 15 is 0 Å². The number of Topliss-reactive ketones (excluding diaryl/α,β-unsaturated/α-hetero) is 1. The number of para-hydroxylation sites is 1. The molecule has 1 amide bonds. The zero-order valence-corrected chi connectivity index (χ0v) is 8.98. The average Bonchev–Trinajstić information content (AvgIpc) is 2.18. The van der Waals surface area contributed by atoms with Gasteiger partial charge in [0.1, 0.15) is 5.75 Å². The lowest BCUT2D eigenvalue weighted by Crippen LogP contribution is -2.25. The van der Waals surface area contributed by atoms with E-state index in [9.17, 15) is 9.59 Å². The molecule has 0 spiro atoms. The van der Waals surface area contributed by atoms with Crippen LogP contribution in [0.4, 0.5) is 4.79 Å². The summed E-state index contributed by atoms with van der Waals surface area (Å²) in [7, 11) is 3.16. The van der Waals surface area contributed by atoms with Crippen molar-refractivity contribution in [2.75, 3.05) is 14.1 Å². The van der Waals surface area contributed by atoms with Gasteiger partial charge in [0.15, 0.2) is 5.78 Å². The second-order valence-corrected chi connectivity index (χ2v) is 3.31. The van der Waals surface area contributed by atoms with Gasteiger partial charge in [-0.2, -0.15) is 0 Å². The first kappa shape index (κ1) is 11.2. The predicted octanol–water partition coefficient (Wildman–Crippen LogP) is 1.95. The van der Waals surface area contributed by atoms with Crippen LogP contribution in [0.15, 0.2) is 24.3 Å². The molecule has 0 aliphatic heterocycles. The van der Waals surface area contributed by atoms with Crippen molar-refractivity contribution < 1.29 is 14.3 Å². The van der Waals surface area contributed by atoms with Gasteiger partial charge in [0.05, 0.1) is 5.56 Å². The Labute approximate surface area is 88.5 Å². The van der Waals surface area contributed by atoms with Gasteiger partial charge in [0, 0.05) is 14.1 Å². The lowest BCUT2D eigenvalue weighted by Gasteiger charge is -2.12. The van der Waals surface area contributed by atoms with Gasteiger partial charge in [-0.15, -0.1) is 0 Å². The third-order valence-corrected chi connectivity index (χ3v) is 1.83. The van der Waals surface area contributed by atoms with Crippen LogP contribution in [0.5, 0.6) is 5.75 Å². The molecule has 1 rings (SSSR count). The summed E-state index contributed by atoms with van der Waals surface area (Å²) in [6, 6.07) is 6.66. The number of amides is 1. The van der Waals surface area contributed by atoms with Crippen molar-refractivity contribution in [2.24, 2.45) is 0 Å². The van der Waals surface area contributed by atoms with Gasteiger partial charge >= 0.3 is 6.09 Å². The van der Waals surface area contributed by atoms with Crippen LogP contribution in [0.1, 0.15) is 17.3 Å². The number of nitrogens with zero attached hydrogens (tertiary/aromatic N) is 1. The molecule has 0 saturated heterocycles. The van der Waals surface area contributed by atoms with Gasteiger partial charge in [-0.25, -0.2) is 4.79 Å². The second kappa shape index (κ2) is 4.59. The second-order valence-electron chi connectivity index (χ2n) is 3.31. The number of ether oxygens (including phenoxy) is 1. The van der Waals surface area contributed by atoms with Crippen molar-refractivity contribution in [3.05, 3.63) is 29.8 Å². The summed E-state index contributed by atoms with van der Waals surface area (Å²) in [5, 5.41) is 0. The van der Waals surface area contributed by atoms with Gasteiger partial charge in [-0.05, 0) is 19.1 Å². The zero-order chi connectivity index (χ0) is 11.4. The molecule has 1 aromatic rings. The molecular formula is C11H13NO3. The number of carbonyl (C=O) groups is 2. The minimum absolute atomic E-state index is 0.128. The SMILES string of the molecule is CC(=O)c1ccccc1OC(=O)N(C)C. The smallest absolute Gasteiger partial charge is 0.409 e. The Morgan fingerprint density at radius 2 is 1.80 bits per heavy atom. The summed E-state index contributed by atoms with van der Waals surface area (Å²) in [5.41, 5.74) is 0.410. The Bertz CT molecular complexity index is 385. The van der Waals surface area contributed by atoms with Crippen LogP contribution in [-0.4, -0.2) is 30.9 Å².